The van der Waals surface area contributed by atoms with Gasteiger partial charge in [-0.3, -0.25) is 4.90 Å². The van der Waals surface area contributed by atoms with Crippen LogP contribution in [0.15, 0.2) is 0 Å². The maximum absolute atomic E-state index is 5.57. The van der Waals surface area contributed by atoms with Crippen LogP contribution in [0.2, 0.25) is 0 Å². The number of rotatable bonds is 5. The molecule has 1 saturated heterocycles. The van der Waals surface area contributed by atoms with Crippen LogP contribution in [0.25, 0.3) is 0 Å². The molecule has 0 aromatic carbocycles. The summed E-state index contributed by atoms with van der Waals surface area (Å²) in [5, 5.41) is 0. The average Bonchev–Trinajstić information content (AvgIpc) is 2.31. The summed E-state index contributed by atoms with van der Waals surface area (Å²) in [7, 11) is 4.12. The molecule has 0 N–H and O–H groups in total. The highest BCUT2D eigenvalue weighted by Crippen LogP contribution is 1.97. The Hall–Kier alpha value is 0.460. The van der Waals surface area contributed by atoms with E-state index in [1.54, 1.807) is 0 Å². The molecule has 0 saturated carbocycles. The second-order valence-electron chi connectivity index (χ2n) is 4.66. The van der Waals surface area contributed by atoms with Gasteiger partial charge in [0.25, 0.3) is 0 Å². The molecule has 1 heterocycles. The predicted molar refractivity (Wildman–Crippen MR) is 76.4 cm³/mol. The molecule has 0 bridgehead atoms. The molecule has 0 radical (unpaired) electrons. The van der Waals surface area contributed by atoms with Crippen molar-refractivity contribution in [1.29, 1.82) is 0 Å². The van der Waals surface area contributed by atoms with Gasteiger partial charge in [0, 0.05) is 37.9 Å². The molecular weight excluding hydrogens is 259 g/mol. The molecule has 1 atom stereocenters. The molecule has 17 heavy (non-hydrogen) atoms. The van der Waals surface area contributed by atoms with Gasteiger partial charge in [-0.25, -0.2) is 0 Å². The van der Waals surface area contributed by atoms with E-state index in [4.69, 9.17) is 27.9 Å². The second-order valence-corrected chi connectivity index (χ2v) is 5.35. The van der Waals surface area contributed by atoms with Crippen molar-refractivity contribution in [1.82, 2.24) is 9.80 Å². The molecule has 1 aliphatic heterocycles. The smallest absolute Gasteiger partial charge is 0.0594 e. The first-order chi connectivity index (χ1) is 8.10. The van der Waals surface area contributed by atoms with Gasteiger partial charge in [-0.2, -0.15) is 0 Å². The Morgan fingerprint density at radius 1 is 1.24 bits per heavy atom. The van der Waals surface area contributed by atoms with E-state index in [9.17, 15) is 0 Å². The monoisotopic (exact) mass is 284 g/mol. The highest BCUT2D eigenvalue weighted by atomic mass is 35.5. The first-order valence-corrected chi connectivity index (χ1v) is 7.23. The molecule has 1 aliphatic rings. The Morgan fingerprint density at radius 3 is 2.18 bits per heavy atom. The van der Waals surface area contributed by atoms with E-state index in [0.29, 0.717) is 5.92 Å². The molecule has 5 heteroatoms. The number of hydrogen-bond donors (Lipinski definition) is 0. The van der Waals surface area contributed by atoms with Gasteiger partial charge in [0.05, 0.1) is 13.2 Å². The van der Waals surface area contributed by atoms with Crippen LogP contribution >= 0.6 is 23.2 Å². The van der Waals surface area contributed by atoms with E-state index in [2.05, 4.69) is 30.8 Å². The molecule has 1 fully saturated rings. The van der Waals surface area contributed by atoms with Crippen molar-refractivity contribution in [3.8, 4) is 0 Å². The molecule has 1 unspecified atom stereocenters. The number of halogens is 2. The zero-order chi connectivity index (χ0) is 13.1. The van der Waals surface area contributed by atoms with Gasteiger partial charge in [-0.05, 0) is 20.0 Å². The fraction of sp³-hybridized carbons (Fsp3) is 1.00. The van der Waals surface area contributed by atoms with Crippen LogP contribution in [0.5, 0.6) is 0 Å². The minimum atomic E-state index is 0.617. The van der Waals surface area contributed by atoms with Crippen molar-refractivity contribution in [2.45, 2.75) is 6.92 Å². The third kappa shape index (κ3) is 11.3. The van der Waals surface area contributed by atoms with Crippen molar-refractivity contribution < 1.29 is 4.74 Å². The Balaban J connectivity index is 0.000000304. The zero-order valence-corrected chi connectivity index (χ0v) is 12.8. The third-order valence-electron chi connectivity index (χ3n) is 2.44. The first-order valence-electron chi connectivity index (χ1n) is 6.17. The number of ether oxygens (including phenoxy) is 1. The largest absolute Gasteiger partial charge is 0.379 e. The molecule has 0 aromatic rings. The standard InChI is InChI=1S/C6H12ClNO.C6H14ClN/c7-1-2-8-3-5-9-6-4-8;1-6(4-7)5-8(2)3/h1-6H2;6H,4-5H2,1-3H3. The van der Waals surface area contributed by atoms with Crippen molar-refractivity contribution in [3.05, 3.63) is 0 Å². The predicted octanol–water partition coefficient (Wildman–Crippen LogP) is 1.98. The summed E-state index contributed by atoms with van der Waals surface area (Å²) < 4.78 is 5.16. The lowest BCUT2D eigenvalue weighted by atomic mass is 10.2. The van der Waals surface area contributed by atoms with Gasteiger partial charge in [0.2, 0.25) is 0 Å². The van der Waals surface area contributed by atoms with Crippen molar-refractivity contribution in [2.24, 2.45) is 5.92 Å². The Morgan fingerprint density at radius 2 is 1.82 bits per heavy atom. The van der Waals surface area contributed by atoms with Crippen LogP contribution in [0.4, 0.5) is 0 Å². The molecule has 0 aromatic heterocycles. The van der Waals surface area contributed by atoms with Crippen LogP contribution in [0, 0.1) is 5.92 Å². The topological polar surface area (TPSA) is 15.7 Å². The number of hydrogen-bond acceptors (Lipinski definition) is 3. The van der Waals surface area contributed by atoms with E-state index < -0.39 is 0 Å². The molecular formula is C12H26Cl2N2O. The quantitative estimate of drug-likeness (QED) is 0.718. The van der Waals surface area contributed by atoms with Crippen LogP contribution < -0.4 is 0 Å². The van der Waals surface area contributed by atoms with E-state index >= 15 is 0 Å². The lowest BCUT2D eigenvalue weighted by Crippen LogP contribution is -2.37. The normalized spacial score (nSPS) is 18.7. The fourth-order valence-corrected chi connectivity index (χ4v) is 1.95. The Labute approximate surface area is 116 Å². The molecule has 0 amide bonds. The third-order valence-corrected chi connectivity index (χ3v) is 3.14. The fourth-order valence-electron chi connectivity index (χ4n) is 1.62. The lowest BCUT2D eigenvalue weighted by Gasteiger charge is -2.25. The Bertz CT molecular complexity index is 162. The SMILES string of the molecule is CC(CCl)CN(C)C.ClCCN1CCOCC1. The second kappa shape index (κ2) is 11.5. The van der Waals surface area contributed by atoms with Crippen LogP contribution in [0.1, 0.15) is 6.92 Å². The van der Waals surface area contributed by atoms with Gasteiger partial charge < -0.3 is 9.64 Å². The lowest BCUT2D eigenvalue weighted by molar-refractivity contribution is 0.0408. The minimum absolute atomic E-state index is 0.617. The summed E-state index contributed by atoms with van der Waals surface area (Å²) in [5.41, 5.74) is 0. The molecule has 0 aliphatic carbocycles. The highest BCUT2D eigenvalue weighted by molar-refractivity contribution is 6.18. The molecule has 0 spiro atoms. The Kier molecular flexibility index (Phi) is 11.9. The summed E-state index contributed by atoms with van der Waals surface area (Å²) in [6, 6.07) is 0. The van der Waals surface area contributed by atoms with Crippen molar-refractivity contribution in [3.63, 3.8) is 0 Å². The van der Waals surface area contributed by atoms with E-state index in [-0.39, 0.29) is 0 Å². The molecule has 3 nitrogen and oxygen atoms in total. The van der Waals surface area contributed by atoms with E-state index in [0.717, 1.165) is 51.2 Å². The highest BCUT2D eigenvalue weighted by Gasteiger charge is 2.07. The average molecular weight is 285 g/mol. The minimum Gasteiger partial charge on any atom is -0.379 e. The van der Waals surface area contributed by atoms with Crippen LogP contribution in [0.3, 0.4) is 0 Å². The summed E-state index contributed by atoms with van der Waals surface area (Å²) in [4.78, 5) is 4.46. The summed E-state index contributed by atoms with van der Waals surface area (Å²) in [6.45, 7) is 8.08. The van der Waals surface area contributed by atoms with Gasteiger partial charge in [0.15, 0.2) is 0 Å². The maximum Gasteiger partial charge on any atom is 0.0594 e. The maximum atomic E-state index is 5.57. The summed E-state index contributed by atoms with van der Waals surface area (Å²) in [5.74, 6) is 2.12. The first kappa shape index (κ1) is 17.5. The number of nitrogens with zero attached hydrogens (tertiary/aromatic N) is 2. The van der Waals surface area contributed by atoms with Gasteiger partial charge in [-0.1, -0.05) is 6.92 Å². The molecule has 1 rings (SSSR count). The van der Waals surface area contributed by atoms with Crippen LogP contribution in [-0.2, 0) is 4.74 Å². The summed E-state index contributed by atoms with van der Waals surface area (Å²) >= 11 is 11.1. The van der Waals surface area contributed by atoms with Gasteiger partial charge in [-0.15, -0.1) is 23.2 Å². The number of morpholine rings is 1. The summed E-state index contributed by atoms with van der Waals surface area (Å²) in [6.07, 6.45) is 0. The van der Waals surface area contributed by atoms with E-state index in [1.807, 2.05) is 0 Å². The van der Waals surface area contributed by atoms with Crippen molar-refractivity contribution >= 4 is 23.2 Å². The zero-order valence-electron chi connectivity index (χ0n) is 11.3. The van der Waals surface area contributed by atoms with Gasteiger partial charge in [0.1, 0.15) is 0 Å². The van der Waals surface area contributed by atoms with Gasteiger partial charge >= 0.3 is 0 Å². The molecule has 104 valence electrons. The van der Waals surface area contributed by atoms with Crippen molar-refractivity contribution in [2.75, 3.05) is 65.2 Å². The number of alkyl halides is 2. The van der Waals surface area contributed by atoms with Crippen LogP contribution in [-0.4, -0.2) is 75.0 Å². The van der Waals surface area contributed by atoms with E-state index in [1.165, 1.54) is 0 Å².